The van der Waals surface area contributed by atoms with E-state index >= 15 is 0 Å². The standard InChI is InChI=1S/C10H18N4O2S2/c1-8(11-2)9-7-17-10(12-9)13-18(15,16)14-5-3-4-6-14/h7-8,11H,3-6H2,1-2H3,(H,12,13). The fourth-order valence-corrected chi connectivity index (χ4v) is 4.07. The van der Waals surface area contributed by atoms with Gasteiger partial charge in [-0.1, -0.05) is 0 Å². The van der Waals surface area contributed by atoms with Gasteiger partial charge in [0.1, 0.15) is 0 Å². The number of hydrogen-bond donors (Lipinski definition) is 2. The van der Waals surface area contributed by atoms with E-state index in [1.165, 1.54) is 15.6 Å². The number of nitrogens with zero attached hydrogens (tertiary/aromatic N) is 2. The minimum absolute atomic E-state index is 0.117. The first-order valence-corrected chi connectivity index (χ1v) is 8.25. The molecule has 1 saturated heterocycles. The molecule has 0 spiro atoms. The molecule has 1 atom stereocenters. The first-order valence-electron chi connectivity index (χ1n) is 5.93. The molecule has 1 aromatic heterocycles. The average molecular weight is 290 g/mol. The second kappa shape index (κ2) is 5.52. The Bertz CT molecular complexity index is 494. The van der Waals surface area contributed by atoms with Crippen LogP contribution in [0.2, 0.25) is 0 Å². The van der Waals surface area contributed by atoms with E-state index in [1.54, 1.807) is 0 Å². The van der Waals surface area contributed by atoms with Crippen molar-refractivity contribution in [1.29, 1.82) is 0 Å². The van der Waals surface area contributed by atoms with E-state index in [0.717, 1.165) is 18.5 Å². The van der Waals surface area contributed by atoms with Gasteiger partial charge < -0.3 is 5.32 Å². The Morgan fingerprint density at radius 2 is 2.11 bits per heavy atom. The summed E-state index contributed by atoms with van der Waals surface area (Å²) < 4.78 is 28.0. The van der Waals surface area contributed by atoms with E-state index in [-0.39, 0.29) is 6.04 Å². The van der Waals surface area contributed by atoms with Gasteiger partial charge in [-0.25, -0.2) is 9.71 Å². The van der Waals surface area contributed by atoms with E-state index in [9.17, 15) is 8.42 Å². The molecule has 2 N–H and O–H groups in total. The summed E-state index contributed by atoms with van der Waals surface area (Å²) in [7, 11) is -1.58. The van der Waals surface area contributed by atoms with Gasteiger partial charge in [0, 0.05) is 24.5 Å². The summed E-state index contributed by atoms with van der Waals surface area (Å²) in [6.45, 7) is 3.18. The largest absolute Gasteiger partial charge is 0.312 e. The number of aromatic nitrogens is 1. The van der Waals surface area contributed by atoms with Crippen molar-refractivity contribution in [3.8, 4) is 0 Å². The molecule has 0 saturated carbocycles. The summed E-state index contributed by atoms with van der Waals surface area (Å²) in [5.41, 5.74) is 0.849. The zero-order valence-corrected chi connectivity index (χ0v) is 12.1. The zero-order chi connectivity index (χ0) is 13.2. The lowest BCUT2D eigenvalue weighted by Gasteiger charge is -2.15. The van der Waals surface area contributed by atoms with Crippen molar-refractivity contribution in [2.75, 3.05) is 24.9 Å². The molecule has 1 aliphatic rings. The lowest BCUT2D eigenvalue weighted by molar-refractivity contribution is 0.482. The molecule has 0 aromatic carbocycles. The highest BCUT2D eigenvalue weighted by molar-refractivity contribution is 7.90. The van der Waals surface area contributed by atoms with E-state index in [0.29, 0.717) is 18.2 Å². The Hall–Kier alpha value is -0.700. The average Bonchev–Trinajstić information content (AvgIpc) is 2.97. The van der Waals surface area contributed by atoms with Gasteiger partial charge in [-0.15, -0.1) is 11.3 Å². The first-order chi connectivity index (χ1) is 8.53. The summed E-state index contributed by atoms with van der Waals surface area (Å²) >= 11 is 1.31. The SMILES string of the molecule is CNC(C)c1csc(NS(=O)(=O)N2CCCC2)n1. The third kappa shape index (κ3) is 3.00. The van der Waals surface area contributed by atoms with Crippen LogP contribution in [0.1, 0.15) is 31.5 Å². The number of hydrogen-bond acceptors (Lipinski definition) is 5. The molecule has 0 amide bonds. The molecular formula is C10H18N4O2S2. The van der Waals surface area contributed by atoms with Crippen LogP contribution in [0.5, 0.6) is 0 Å². The fourth-order valence-electron chi connectivity index (χ4n) is 1.78. The maximum atomic E-state index is 12.0. The van der Waals surface area contributed by atoms with Crippen molar-refractivity contribution >= 4 is 26.7 Å². The van der Waals surface area contributed by atoms with Gasteiger partial charge in [0.15, 0.2) is 5.13 Å². The Balaban J connectivity index is 2.07. The van der Waals surface area contributed by atoms with Crippen molar-refractivity contribution in [2.24, 2.45) is 0 Å². The Labute approximate surface area is 112 Å². The molecule has 0 aliphatic carbocycles. The molecule has 2 rings (SSSR count). The summed E-state index contributed by atoms with van der Waals surface area (Å²) in [5.74, 6) is 0. The maximum Gasteiger partial charge on any atom is 0.303 e. The molecular weight excluding hydrogens is 272 g/mol. The van der Waals surface area contributed by atoms with E-state index < -0.39 is 10.2 Å². The van der Waals surface area contributed by atoms with Crippen LogP contribution in [0, 0.1) is 0 Å². The van der Waals surface area contributed by atoms with Gasteiger partial charge >= 0.3 is 10.2 Å². The third-order valence-corrected chi connectivity index (χ3v) is 5.42. The molecule has 0 bridgehead atoms. The lowest BCUT2D eigenvalue weighted by atomic mass is 10.3. The van der Waals surface area contributed by atoms with Crippen molar-refractivity contribution in [3.63, 3.8) is 0 Å². The van der Waals surface area contributed by atoms with Crippen LogP contribution >= 0.6 is 11.3 Å². The van der Waals surface area contributed by atoms with Gasteiger partial charge in [0.25, 0.3) is 0 Å². The topological polar surface area (TPSA) is 74.3 Å². The Morgan fingerprint density at radius 3 is 2.72 bits per heavy atom. The molecule has 1 unspecified atom stereocenters. The van der Waals surface area contributed by atoms with E-state index in [4.69, 9.17) is 0 Å². The molecule has 0 radical (unpaired) electrons. The van der Waals surface area contributed by atoms with Crippen molar-refractivity contribution in [3.05, 3.63) is 11.1 Å². The van der Waals surface area contributed by atoms with Crippen LogP contribution in [0.25, 0.3) is 0 Å². The van der Waals surface area contributed by atoms with Crippen LogP contribution in [-0.4, -0.2) is 37.8 Å². The molecule has 18 heavy (non-hydrogen) atoms. The number of anilines is 1. The van der Waals surface area contributed by atoms with Crippen LogP contribution in [0.4, 0.5) is 5.13 Å². The van der Waals surface area contributed by atoms with Crippen LogP contribution < -0.4 is 10.0 Å². The minimum atomic E-state index is -3.42. The number of thiazole rings is 1. The smallest absolute Gasteiger partial charge is 0.303 e. The van der Waals surface area contributed by atoms with Crippen molar-refractivity contribution in [2.45, 2.75) is 25.8 Å². The highest BCUT2D eigenvalue weighted by Crippen LogP contribution is 2.23. The molecule has 8 heteroatoms. The second-order valence-electron chi connectivity index (χ2n) is 4.30. The lowest BCUT2D eigenvalue weighted by Crippen LogP contribution is -2.33. The molecule has 2 heterocycles. The van der Waals surface area contributed by atoms with Crippen LogP contribution in [0.15, 0.2) is 5.38 Å². The van der Waals surface area contributed by atoms with E-state index in [2.05, 4.69) is 15.0 Å². The van der Waals surface area contributed by atoms with E-state index in [1.807, 2.05) is 19.4 Å². The summed E-state index contributed by atoms with van der Waals surface area (Å²) in [5, 5.41) is 5.36. The summed E-state index contributed by atoms with van der Waals surface area (Å²) in [6.07, 6.45) is 1.86. The monoisotopic (exact) mass is 290 g/mol. The predicted octanol–water partition coefficient (Wildman–Crippen LogP) is 1.18. The molecule has 1 fully saturated rings. The molecule has 1 aliphatic heterocycles. The maximum absolute atomic E-state index is 12.0. The third-order valence-electron chi connectivity index (χ3n) is 3.02. The van der Waals surface area contributed by atoms with Gasteiger partial charge in [-0.2, -0.15) is 12.7 Å². The number of nitrogens with one attached hydrogen (secondary N) is 2. The fraction of sp³-hybridized carbons (Fsp3) is 0.700. The van der Waals surface area contributed by atoms with Crippen LogP contribution in [-0.2, 0) is 10.2 Å². The predicted molar refractivity (Wildman–Crippen MR) is 72.9 cm³/mol. The van der Waals surface area contributed by atoms with Crippen molar-refractivity contribution < 1.29 is 8.42 Å². The number of rotatable bonds is 5. The minimum Gasteiger partial charge on any atom is -0.312 e. The molecule has 6 nitrogen and oxygen atoms in total. The Morgan fingerprint density at radius 1 is 1.44 bits per heavy atom. The van der Waals surface area contributed by atoms with Crippen molar-refractivity contribution in [1.82, 2.24) is 14.6 Å². The molecule has 1 aromatic rings. The highest BCUT2D eigenvalue weighted by Gasteiger charge is 2.26. The summed E-state index contributed by atoms with van der Waals surface area (Å²) in [6, 6.07) is 0.117. The van der Waals surface area contributed by atoms with Gasteiger partial charge in [-0.05, 0) is 26.8 Å². The Kier molecular flexibility index (Phi) is 4.21. The highest BCUT2D eigenvalue weighted by atomic mass is 32.2. The second-order valence-corrected chi connectivity index (χ2v) is 6.83. The quantitative estimate of drug-likeness (QED) is 0.854. The first kappa shape index (κ1) is 13.7. The zero-order valence-electron chi connectivity index (χ0n) is 10.5. The van der Waals surface area contributed by atoms with Gasteiger partial charge in [-0.3, -0.25) is 0 Å². The van der Waals surface area contributed by atoms with Gasteiger partial charge in [0.2, 0.25) is 0 Å². The normalized spacial score (nSPS) is 19.0. The summed E-state index contributed by atoms with van der Waals surface area (Å²) in [4.78, 5) is 4.28. The molecule has 102 valence electrons. The van der Waals surface area contributed by atoms with Crippen LogP contribution in [0.3, 0.4) is 0 Å². The van der Waals surface area contributed by atoms with Gasteiger partial charge in [0.05, 0.1) is 5.69 Å².